The number of carbonyl (C=O) groups excluding carboxylic acids is 2. The molecule has 0 bridgehead atoms. The molecule has 0 spiro atoms. The van der Waals surface area contributed by atoms with E-state index in [9.17, 15) is 14.7 Å². The molecule has 1 fully saturated rings. The minimum atomic E-state index is -0.706. The smallest absolute Gasteiger partial charge is 0.334 e. The van der Waals surface area contributed by atoms with Gasteiger partial charge in [-0.15, -0.1) is 0 Å². The Kier molecular flexibility index (Phi) is 4.09. The van der Waals surface area contributed by atoms with E-state index in [-0.39, 0.29) is 18.9 Å². The second-order valence-electron chi connectivity index (χ2n) is 5.20. The summed E-state index contributed by atoms with van der Waals surface area (Å²) in [5.74, 6) is -0.227. The van der Waals surface area contributed by atoms with Crippen LogP contribution in [0.1, 0.15) is 24.5 Å². The standard InChI is InChI=1S/C15H19NO4/c1-9-5-4-6-14(10(9)2)20-15(19)13-7-12(18)8-16(13)11(3)17/h4-6,12-13,18H,7-8H2,1-3H3. The molecule has 1 saturated heterocycles. The van der Waals surface area contributed by atoms with Crippen molar-refractivity contribution in [3.63, 3.8) is 0 Å². The molecule has 1 N–H and O–H groups in total. The molecule has 2 unspecified atom stereocenters. The van der Waals surface area contributed by atoms with Gasteiger partial charge in [0.1, 0.15) is 11.8 Å². The van der Waals surface area contributed by atoms with Crippen LogP contribution in [0, 0.1) is 13.8 Å². The highest BCUT2D eigenvalue weighted by Gasteiger charge is 2.38. The summed E-state index contributed by atoms with van der Waals surface area (Å²) in [4.78, 5) is 25.1. The molecule has 1 amide bonds. The Morgan fingerprint density at radius 2 is 2.05 bits per heavy atom. The van der Waals surface area contributed by atoms with Gasteiger partial charge in [-0.25, -0.2) is 4.79 Å². The molecule has 0 aliphatic carbocycles. The molecule has 5 nitrogen and oxygen atoms in total. The number of aliphatic hydroxyl groups is 1. The Morgan fingerprint density at radius 3 is 2.70 bits per heavy atom. The van der Waals surface area contributed by atoms with Gasteiger partial charge in [0.25, 0.3) is 0 Å². The van der Waals surface area contributed by atoms with E-state index < -0.39 is 18.1 Å². The molecule has 0 aromatic heterocycles. The van der Waals surface area contributed by atoms with Crippen LogP contribution in [0.4, 0.5) is 0 Å². The maximum absolute atomic E-state index is 12.2. The third-order valence-corrected chi connectivity index (χ3v) is 3.72. The van der Waals surface area contributed by atoms with E-state index in [2.05, 4.69) is 0 Å². The lowest BCUT2D eigenvalue weighted by Crippen LogP contribution is -2.41. The molecule has 1 aliphatic rings. The van der Waals surface area contributed by atoms with E-state index >= 15 is 0 Å². The van der Waals surface area contributed by atoms with Crippen LogP contribution in [0.25, 0.3) is 0 Å². The maximum atomic E-state index is 12.2. The number of benzene rings is 1. The van der Waals surface area contributed by atoms with Crippen molar-refractivity contribution in [2.24, 2.45) is 0 Å². The summed E-state index contributed by atoms with van der Waals surface area (Å²) in [5, 5.41) is 9.63. The molecule has 108 valence electrons. The van der Waals surface area contributed by atoms with Gasteiger partial charge < -0.3 is 14.7 Å². The van der Waals surface area contributed by atoms with Crippen molar-refractivity contribution in [1.82, 2.24) is 4.90 Å². The number of β-amino-alcohol motifs (C(OH)–C–C–N with tert-alkyl or cyclic N) is 1. The number of hydrogen-bond donors (Lipinski definition) is 1. The lowest BCUT2D eigenvalue weighted by Gasteiger charge is -2.21. The highest BCUT2D eigenvalue weighted by Crippen LogP contribution is 2.24. The molecule has 2 rings (SSSR count). The van der Waals surface area contributed by atoms with Gasteiger partial charge in [0, 0.05) is 19.9 Å². The Bertz CT molecular complexity index is 541. The summed E-state index contributed by atoms with van der Waals surface area (Å²) in [7, 11) is 0. The zero-order valence-corrected chi connectivity index (χ0v) is 11.9. The number of likely N-dealkylation sites (tertiary alicyclic amines) is 1. The first-order chi connectivity index (χ1) is 9.40. The molecule has 1 heterocycles. The van der Waals surface area contributed by atoms with E-state index in [0.717, 1.165) is 11.1 Å². The molecule has 1 aliphatic heterocycles. The van der Waals surface area contributed by atoms with Crippen LogP contribution in [-0.4, -0.2) is 40.6 Å². The Morgan fingerprint density at radius 1 is 1.35 bits per heavy atom. The quantitative estimate of drug-likeness (QED) is 0.651. The fourth-order valence-electron chi connectivity index (χ4n) is 2.40. The first-order valence-corrected chi connectivity index (χ1v) is 6.63. The Labute approximate surface area is 118 Å². The number of aryl methyl sites for hydroxylation is 1. The highest BCUT2D eigenvalue weighted by molar-refractivity contribution is 5.85. The molecule has 0 saturated carbocycles. The maximum Gasteiger partial charge on any atom is 0.334 e. The van der Waals surface area contributed by atoms with Crippen molar-refractivity contribution < 1.29 is 19.4 Å². The molecular formula is C15H19NO4. The van der Waals surface area contributed by atoms with Crippen LogP contribution in [-0.2, 0) is 9.59 Å². The van der Waals surface area contributed by atoms with Crippen LogP contribution in [0.15, 0.2) is 18.2 Å². The Hall–Kier alpha value is -1.88. The monoisotopic (exact) mass is 277 g/mol. The van der Waals surface area contributed by atoms with E-state index in [4.69, 9.17) is 4.74 Å². The van der Waals surface area contributed by atoms with E-state index in [1.165, 1.54) is 11.8 Å². The van der Waals surface area contributed by atoms with Gasteiger partial charge in [-0.1, -0.05) is 12.1 Å². The van der Waals surface area contributed by atoms with Crippen molar-refractivity contribution in [1.29, 1.82) is 0 Å². The van der Waals surface area contributed by atoms with Gasteiger partial charge >= 0.3 is 5.97 Å². The van der Waals surface area contributed by atoms with Crippen LogP contribution >= 0.6 is 0 Å². The van der Waals surface area contributed by atoms with Gasteiger partial charge in [-0.2, -0.15) is 0 Å². The number of carbonyl (C=O) groups is 2. The average Bonchev–Trinajstić information content (AvgIpc) is 2.77. The number of nitrogens with zero attached hydrogens (tertiary/aromatic N) is 1. The normalized spacial score (nSPS) is 21.9. The van der Waals surface area contributed by atoms with Crippen molar-refractivity contribution in [3.05, 3.63) is 29.3 Å². The number of hydrogen-bond acceptors (Lipinski definition) is 4. The fraction of sp³-hybridized carbons (Fsp3) is 0.467. The SMILES string of the molecule is CC(=O)N1CC(O)CC1C(=O)Oc1cccc(C)c1C. The van der Waals surface area contributed by atoms with E-state index in [1.807, 2.05) is 26.0 Å². The largest absolute Gasteiger partial charge is 0.425 e. The molecule has 2 atom stereocenters. The number of esters is 1. The second-order valence-corrected chi connectivity index (χ2v) is 5.20. The summed E-state index contributed by atoms with van der Waals surface area (Å²) in [6.07, 6.45) is -0.446. The molecule has 0 radical (unpaired) electrons. The highest BCUT2D eigenvalue weighted by atomic mass is 16.5. The lowest BCUT2D eigenvalue weighted by molar-refractivity contribution is -0.145. The molecule has 1 aromatic rings. The summed E-state index contributed by atoms with van der Waals surface area (Å²) in [5.41, 5.74) is 1.93. The Balaban J connectivity index is 2.15. The molecular weight excluding hydrogens is 258 g/mol. The topological polar surface area (TPSA) is 66.8 Å². The van der Waals surface area contributed by atoms with E-state index in [0.29, 0.717) is 5.75 Å². The summed E-state index contributed by atoms with van der Waals surface area (Å²) in [6.45, 7) is 5.39. The number of ether oxygens (including phenoxy) is 1. The van der Waals surface area contributed by atoms with Crippen LogP contribution in [0.5, 0.6) is 5.75 Å². The van der Waals surface area contributed by atoms with Crippen molar-refractivity contribution in [2.45, 2.75) is 39.3 Å². The molecule has 20 heavy (non-hydrogen) atoms. The third-order valence-electron chi connectivity index (χ3n) is 3.72. The number of rotatable bonds is 2. The predicted octanol–water partition coefficient (Wildman–Crippen LogP) is 1.19. The van der Waals surface area contributed by atoms with Gasteiger partial charge in [0.2, 0.25) is 5.91 Å². The first-order valence-electron chi connectivity index (χ1n) is 6.63. The summed E-state index contributed by atoms with van der Waals surface area (Å²) >= 11 is 0. The third kappa shape index (κ3) is 2.82. The minimum absolute atomic E-state index is 0.182. The van der Waals surface area contributed by atoms with Crippen molar-refractivity contribution in [3.8, 4) is 5.75 Å². The fourth-order valence-corrected chi connectivity index (χ4v) is 2.40. The molecule has 1 aromatic carbocycles. The average molecular weight is 277 g/mol. The first kappa shape index (κ1) is 14.5. The van der Waals surface area contributed by atoms with E-state index in [1.54, 1.807) is 6.07 Å². The van der Waals surface area contributed by atoms with Gasteiger partial charge in [-0.05, 0) is 31.0 Å². The summed E-state index contributed by atoms with van der Waals surface area (Å²) in [6, 6.07) is 4.77. The van der Waals surface area contributed by atoms with Crippen molar-refractivity contribution >= 4 is 11.9 Å². The van der Waals surface area contributed by atoms with Crippen molar-refractivity contribution in [2.75, 3.05) is 6.54 Å². The second kappa shape index (κ2) is 5.63. The minimum Gasteiger partial charge on any atom is -0.425 e. The van der Waals surface area contributed by atoms with Crippen LogP contribution in [0.3, 0.4) is 0 Å². The zero-order valence-electron chi connectivity index (χ0n) is 11.9. The van der Waals surface area contributed by atoms with Gasteiger partial charge in [0.05, 0.1) is 6.10 Å². The molecule has 5 heteroatoms. The summed E-state index contributed by atoms with van der Waals surface area (Å²) < 4.78 is 5.39. The van der Waals surface area contributed by atoms with Crippen LogP contribution in [0.2, 0.25) is 0 Å². The zero-order chi connectivity index (χ0) is 14.9. The number of amides is 1. The predicted molar refractivity (Wildman–Crippen MR) is 73.3 cm³/mol. The lowest BCUT2D eigenvalue weighted by atomic mass is 10.1. The number of aliphatic hydroxyl groups excluding tert-OH is 1. The van der Waals surface area contributed by atoms with Crippen LogP contribution < -0.4 is 4.74 Å². The van der Waals surface area contributed by atoms with Gasteiger partial charge in [0.15, 0.2) is 0 Å². The van der Waals surface area contributed by atoms with Gasteiger partial charge in [-0.3, -0.25) is 4.79 Å².